The van der Waals surface area contributed by atoms with Crippen LogP contribution in [0.15, 0.2) is 18.3 Å². The van der Waals surface area contributed by atoms with Crippen molar-refractivity contribution in [3.63, 3.8) is 0 Å². The maximum absolute atomic E-state index is 13.6. The smallest absolute Gasteiger partial charge is 0.233 e. The summed E-state index contributed by atoms with van der Waals surface area (Å²) < 4.78 is 80.2. The number of sulfonamides is 1. The van der Waals surface area contributed by atoms with Gasteiger partial charge in [-0.3, -0.25) is 9.40 Å². The van der Waals surface area contributed by atoms with Gasteiger partial charge in [0, 0.05) is 18.3 Å². The van der Waals surface area contributed by atoms with Crippen molar-refractivity contribution in [2.45, 2.75) is 26.3 Å². The highest BCUT2D eigenvalue weighted by Crippen LogP contribution is 2.20. The predicted molar refractivity (Wildman–Crippen MR) is 79.9 cm³/mol. The average Bonchev–Trinajstić information content (AvgIpc) is 2.94. The Kier molecular flexibility index (Phi) is 5.47. The Morgan fingerprint density at radius 1 is 1.17 bits per heavy atom. The van der Waals surface area contributed by atoms with E-state index in [2.05, 4.69) is 9.82 Å². The summed E-state index contributed by atoms with van der Waals surface area (Å²) in [6.45, 7) is 1.24. The second kappa shape index (κ2) is 7.20. The summed E-state index contributed by atoms with van der Waals surface area (Å²) in [5.41, 5.74) is -0.837. The predicted octanol–water partition coefficient (Wildman–Crippen LogP) is 3.03. The highest BCUT2D eigenvalue weighted by atomic mass is 32.2. The molecule has 0 aliphatic heterocycles. The number of halogens is 4. The molecule has 0 saturated heterocycles. The van der Waals surface area contributed by atoms with Crippen LogP contribution in [-0.2, 0) is 16.6 Å². The third-order valence-electron chi connectivity index (χ3n) is 3.19. The number of rotatable bonds is 7. The fourth-order valence-electron chi connectivity index (χ4n) is 1.97. The first-order chi connectivity index (χ1) is 11.2. The zero-order chi connectivity index (χ0) is 17.9. The highest BCUT2D eigenvalue weighted by molar-refractivity contribution is 7.92. The summed E-state index contributed by atoms with van der Waals surface area (Å²) in [5, 5.41) is 3.79. The average molecular weight is 365 g/mol. The van der Waals surface area contributed by atoms with Crippen molar-refractivity contribution < 1.29 is 26.0 Å². The van der Waals surface area contributed by atoms with Gasteiger partial charge >= 0.3 is 0 Å². The zero-order valence-corrected chi connectivity index (χ0v) is 13.5. The molecule has 0 amide bonds. The van der Waals surface area contributed by atoms with E-state index in [1.54, 1.807) is 0 Å². The molecule has 0 spiro atoms. The highest BCUT2D eigenvalue weighted by Gasteiger charge is 2.20. The second-order valence-electron chi connectivity index (χ2n) is 5.12. The number of aromatic nitrogens is 2. The molecule has 1 N–H and O–H groups in total. The van der Waals surface area contributed by atoms with Crippen LogP contribution in [0.2, 0.25) is 0 Å². The van der Waals surface area contributed by atoms with Crippen LogP contribution in [0.5, 0.6) is 0 Å². The quantitative estimate of drug-likeness (QED) is 0.606. The van der Waals surface area contributed by atoms with Gasteiger partial charge in [0.15, 0.2) is 29.1 Å². The first-order valence-electron chi connectivity index (χ1n) is 7.09. The minimum atomic E-state index is -3.58. The minimum Gasteiger partial charge on any atom is -0.266 e. The first-order valence-corrected chi connectivity index (χ1v) is 8.74. The molecule has 1 heterocycles. The van der Waals surface area contributed by atoms with Gasteiger partial charge in [-0.25, -0.2) is 26.0 Å². The van der Waals surface area contributed by atoms with Gasteiger partial charge in [0.1, 0.15) is 0 Å². The summed E-state index contributed by atoms with van der Waals surface area (Å²) in [5.74, 6) is -6.21. The number of anilines is 1. The van der Waals surface area contributed by atoms with Crippen LogP contribution in [0, 0.1) is 23.3 Å². The van der Waals surface area contributed by atoms with Gasteiger partial charge in [-0.05, 0) is 6.42 Å². The van der Waals surface area contributed by atoms with E-state index in [9.17, 15) is 26.0 Å². The Labute approximate surface area is 136 Å². The van der Waals surface area contributed by atoms with Crippen LogP contribution in [0.3, 0.4) is 0 Å². The van der Waals surface area contributed by atoms with E-state index in [1.807, 2.05) is 6.92 Å². The molecule has 0 bridgehead atoms. The molecule has 0 saturated carbocycles. The number of benzene rings is 1. The lowest BCUT2D eigenvalue weighted by Gasteiger charge is -2.07. The van der Waals surface area contributed by atoms with Crippen LogP contribution < -0.4 is 4.72 Å². The molecular formula is C14H15F4N3O2S. The van der Waals surface area contributed by atoms with Crippen molar-refractivity contribution in [3.8, 4) is 0 Å². The molecule has 0 unspecified atom stereocenters. The molecule has 2 aromatic rings. The van der Waals surface area contributed by atoms with Crippen LogP contribution in [0.4, 0.5) is 23.4 Å². The molecule has 0 radical (unpaired) electrons. The van der Waals surface area contributed by atoms with Gasteiger partial charge in [-0.1, -0.05) is 13.3 Å². The topological polar surface area (TPSA) is 64.0 Å². The number of nitrogens with zero attached hydrogens (tertiary/aromatic N) is 2. The lowest BCUT2D eigenvalue weighted by Crippen LogP contribution is -2.17. The van der Waals surface area contributed by atoms with Gasteiger partial charge in [0.2, 0.25) is 10.0 Å². The standard InChI is InChI=1S/C14H15F4N3O2S/c1-2-3-6-24(22,23)20-12-4-5-21(19-12)8-9-13(17)10(15)7-11(16)14(9)18/h4-5,7H,2-3,6,8H2,1H3,(H,19,20). The lowest BCUT2D eigenvalue weighted by molar-refractivity contribution is 0.431. The molecule has 1 aromatic carbocycles. The molecule has 0 fully saturated rings. The van der Waals surface area contributed by atoms with Gasteiger partial charge < -0.3 is 0 Å². The maximum Gasteiger partial charge on any atom is 0.233 e. The molecule has 0 aliphatic carbocycles. The van der Waals surface area contributed by atoms with Crippen LogP contribution in [0.1, 0.15) is 25.3 Å². The van der Waals surface area contributed by atoms with E-state index in [1.165, 1.54) is 12.3 Å². The molecule has 5 nitrogen and oxygen atoms in total. The molecule has 1 aromatic heterocycles. The van der Waals surface area contributed by atoms with Crippen molar-refractivity contribution in [1.82, 2.24) is 9.78 Å². The van der Waals surface area contributed by atoms with Gasteiger partial charge in [0.25, 0.3) is 0 Å². The monoisotopic (exact) mass is 365 g/mol. The van der Waals surface area contributed by atoms with E-state index in [0.717, 1.165) is 4.68 Å². The van der Waals surface area contributed by atoms with E-state index in [0.29, 0.717) is 12.8 Å². The Hall–Kier alpha value is -2.10. The minimum absolute atomic E-state index is 0.0520. The number of hydrogen-bond donors (Lipinski definition) is 1. The third kappa shape index (κ3) is 4.25. The summed E-state index contributed by atoms with van der Waals surface area (Å²) in [4.78, 5) is 0. The Morgan fingerprint density at radius 2 is 1.79 bits per heavy atom. The Bertz CT molecular complexity index is 811. The molecule has 0 atom stereocenters. The molecular weight excluding hydrogens is 350 g/mol. The normalized spacial score (nSPS) is 11.7. The van der Waals surface area contributed by atoms with Gasteiger partial charge in [0.05, 0.1) is 17.9 Å². The molecule has 10 heteroatoms. The van der Waals surface area contributed by atoms with E-state index >= 15 is 0 Å². The fourth-order valence-corrected chi connectivity index (χ4v) is 3.17. The van der Waals surface area contributed by atoms with E-state index < -0.39 is 45.4 Å². The van der Waals surface area contributed by atoms with Crippen molar-refractivity contribution in [2.24, 2.45) is 0 Å². The number of unbranched alkanes of at least 4 members (excludes halogenated alkanes) is 1. The van der Waals surface area contributed by atoms with Crippen molar-refractivity contribution in [3.05, 3.63) is 47.2 Å². The number of nitrogens with one attached hydrogen (secondary N) is 1. The van der Waals surface area contributed by atoms with Crippen LogP contribution in [-0.4, -0.2) is 24.0 Å². The van der Waals surface area contributed by atoms with Crippen molar-refractivity contribution in [2.75, 3.05) is 10.5 Å². The summed E-state index contributed by atoms with van der Waals surface area (Å²) in [6, 6.07) is 1.39. The number of hydrogen-bond acceptors (Lipinski definition) is 3. The zero-order valence-electron chi connectivity index (χ0n) is 12.7. The summed E-state index contributed by atoms with van der Waals surface area (Å²) in [7, 11) is -3.58. The second-order valence-corrected chi connectivity index (χ2v) is 6.96. The van der Waals surface area contributed by atoms with Crippen molar-refractivity contribution in [1.29, 1.82) is 0 Å². The molecule has 132 valence electrons. The largest absolute Gasteiger partial charge is 0.266 e. The summed E-state index contributed by atoms with van der Waals surface area (Å²) >= 11 is 0. The van der Waals surface area contributed by atoms with Crippen LogP contribution in [0.25, 0.3) is 0 Å². The maximum atomic E-state index is 13.6. The Morgan fingerprint density at radius 3 is 2.38 bits per heavy atom. The molecule has 2 rings (SSSR count). The van der Waals surface area contributed by atoms with E-state index in [-0.39, 0.29) is 17.6 Å². The van der Waals surface area contributed by atoms with Gasteiger partial charge in [-0.15, -0.1) is 0 Å². The van der Waals surface area contributed by atoms with Crippen LogP contribution >= 0.6 is 0 Å². The SMILES string of the molecule is CCCCS(=O)(=O)Nc1ccn(Cc2c(F)c(F)cc(F)c2F)n1. The lowest BCUT2D eigenvalue weighted by atomic mass is 10.2. The van der Waals surface area contributed by atoms with Gasteiger partial charge in [-0.2, -0.15) is 5.10 Å². The third-order valence-corrected chi connectivity index (χ3v) is 4.54. The molecule has 24 heavy (non-hydrogen) atoms. The molecule has 0 aliphatic rings. The van der Waals surface area contributed by atoms with Crippen molar-refractivity contribution >= 4 is 15.8 Å². The summed E-state index contributed by atoms with van der Waals surface area (Å²) in [6.07, 6.45) is 2.40. The van der Waals surface area contributed by atoms with E-state index in [4.69, 9.17) is 0 Å². The fraction of sp³-hybridized carbons (Fsp3) is 0.357. The Balaban J connectivity index is 2.18. The first kappa shape index (κ1) is 18.2.